The molecule has 10 heteroatoms. The van der Waals surface area contributed by atoms with Crippen LogP contribution >= 0.6 is 0 Å². The molecule has 3 aromatic heterocycles. The first-order chi connectivity index (χ1) is 13.9. The number of carboxylic acids is 1. The predicted molar refractivity (Wildman–Crippen MR) is 101 cm³/mol. The summed E-state index contributed by atoms with van der Waals surface area (Å²) < 4.78 is 6.83. The van der Waals surface area contributed by atoms with E-state index in [1.165, 1.54) is 36.9 Å². The van der Waals surface area contributed by atoms with Gasteiger partial charge in [0.15, 0.2) is 24.8 Å². The molecule has 0 amide bonds. The number of nitrogens with two attached hydrogens (primary N) is 1. The molecular weight excluding hydrogens is 378 g/mol. The van der Waals surface area contributed by atoms with Crippen molar-refractivity contribution in [3.05, 3.63) is 89.3 Å². The van der Waals surface area contributed by atoms with E-state index in [4.69, 9.17) is 15.3 Å². The zero-order valence-electron chi connectivity index (χ0n) is 14.9. The van der Waals surface area contributed by atoms with Crippen LogP contribution in [0.4, 0.5) is 5.69 Å². The molecule has 0 aliphatic carbocycles. The van der Waals surface area contributed by atoms with Crippen molar-refractivity contribution in [1.82, 2.24) is 10.2 Å². The third-order valence-electron chi connectivity index (χ3n) is 3.66. The first-order valence-electron chi connectivity index (χ1n) is 8.23. The third-order valence-corrected chi connectivity index (χ3v) is 3.66. The van der Waals surface area contributed by atoms with Gasteiger partial charge in [-0.2, -0.15) is 9.46 Å². The van der Waals surface area contributed by atoms with Crippen molar-refractivity contribution >= 4 is 11.7 Å². The van der Waals surface area contributed by atoms with Gasteiger partial charge in [0.2, 0.25) is 11.8 Å². The average Bonchev–Trinajstić information content (AvgIpc) is 3.20. The minimum Gasteiger partial charge on any atom is -0.619 e. The second-order valence-electron chi connectivity index (χ2n) is 5.74. The lowest BCUT2D eigenvalue weighted by Gasteiger charge is -1.96. The van der Waals surface area contributed by atoms with Gasteiger partial charge in [-0.05, 0) is 18.2 Å². The second-order valence-corrected chi connectivity index (χ2v) is 5.74. The number of carbonyl (C=O) groups is 1. The van der Waals surface area contributed by atoms with Crippen LogP contribution in [0.2, 0.25) is 0 Å². The van der Waals surface area contributed by atoms with E-state index in [1.54, 1.807) is 36.4 Å². The van der Waals surface area contributed by atoms with Crippen LogP contribution < -0.4 is 15.2 Å². The Kier molecular flexibility index (Phi) is 5.64. The summed E-state index contributed by atoms with van der Waals surface area (Å²) >= 11 is 0. The number of aromatic nitrogens is 4. The molecule has 0 saturated heterocycles. The Balaban J connectivity index is 0.000000204. The zero-order valence-corrected chi connectivity index (χ0v) is 14.9. The molecule has 0 aliphatic rings. The standard InChI is InChI=1S/C12H8N4O3.C7H7NO2/c17-15-5-1-9(2-6-15)11-13-14-12(19-11)10-3-7-16(18)8-4-10;8-6-3-1-2-5(4-6)7(9)10/h1-8H;1-4H,8H2,(H,9,10). The number of hydrogen-bond acceptors (Lipinski definition) is 7. The highest BCUT2D eigenvalue weighted by atomic mass is 16.5. The van der Waals surface area contributed by atoms with Gasteiger partial charge in [-0.3, -0.25) is 0 Å². The van der Waals surface area contributed by atoms with Gasteiger partial charge in [0, 0.05) is 30.0 Å². The first-order valence-corrected chi connectivity index (χ1v) is 8.23. The molecule has 0 aliphatic heterocycles. The summed E-state index contributed by atoms with van der Waals surface area (Å²) in [6, 6.07) is 12.5. The molecule has 146 valence electrons. The first kappa shape index (κ1) is 19.3. The Morgan fingerprint density at radius 3 is 1.76 bits per heavy atom. The number of benzene rings is 1. The molecule has 3 N–H and O–H groups in total. The van der Waals surface area contributed by atoms with Crippen molar-refractivity contribution in [2.24, 2.45) is 0 Å². The fraction of sp³-hybridized carbons (Fsp3) is 0. The van der Waals surface area contributed by atoms with Gasteiger partial charge >= 0.3 is 5.97 Å². The molecule has 0 saturated carbocycles. The Morgan fingerprint density at radius 1 is 0.897 bits per heavy atom. The Bertz CT molecular complexity index is 1050. The van der Waals surface area contributed by atoms with Crippen molar-refractivity contribution < 1.29 is 23.8 Å². The Morgan fingerprint density at radius 2 is 1.38 bits per heavy atom. The minimum absolute atomic E-state index is 0.222. The maximum Gasteiger partial charge on any atom is 0.335 e. The van der Waals surface area contributed by atoms with Gasteiger partial charge in [-0.15, -0.1) is 10.2 Å². The summed E-state index contributed by atoms with van der Waals surface area (Å²) in [5.74, 6) is -0.323. The molecule has 0 unspecified atom stereocenters. The van der Waals surface area contributed by atoms with E-state index in [1.807, 2.05) is 0 Å². The number of carboxylic acid groups (broad SMARTS) is 1. The molecule has 4 rings (SSSR count). The van der Waals surface area contributed by atoms with E-state index in [0.29, 0.717) is 38.1 Å². The van der Waals surface area contributed by atoms with E-state index >= 15 is 0 Å². The molecular formula is C19H15N5O5. The van der Waals surface area contributed by atoms with E-state index < -0.39 is 5.97 Å². The van der Waals surface area contributed by atoms with Gasteiger partial charge in [0.05, 0.1) is 16.7 Å². The van der Waals surface area contributed by atoms with Crippen molar-refractivity contribution in [2.45, 2.75) is 0 Å². The number of aromatic carboxylic acids is 1. The Labute approximate surface area is 164 Å². The number of pyridine rings is 2. The molecule has 10 nitrogen and oxygen atoms in total. The number of nitrogen functional groups attached to an aromatic ring is 1. The topological polar surface area (TPSA) is 156 Å². The van der Waals surface area contributed by atoms with E-state index in [9.17, 15) is 15.2 Å². The van der Waals surface area contributed by atoms with Crippen molar-refractivity contribution in [3.63, 3.8) is 0 Å². The average molecular weight is 393 g/mol. The summed E-state index contributed by atoms with van der Waals surface area (Å²) in [7, 11) is 0. The largest absolute Gasteiger partial charge is 0.619 e. The van der Waals surface area contributed by atoms with Crippen LogP contribution in [0.25, 0.3) is 22.9 Å². The second kappa shape index (κ2) is 8.48. The van der Waals surface area contributed by atoms with Gasteiger partial charge < -0.3 is 25.7 Å². The smallest absolute Gasteiger partial charge is 0.335 e. The lowest BCUT2D eigenvalue weighted by molar-refractivity contribution is -0.605. The number of hydrogen-bond donors (Lipinski definition) is 2. The molecule has 0 spiro atoms. The van der Waals surface area contributed by atoms with Crippen LogP contribution in [0.5, 0.6) is 0 Å². The zero-order chi connectivity index (χ0) is 20.8. The summed E-state index contributed by atoms with van der Waals surface area (Å²) in [5, 5.41) is 38.1. The number of rotatable bonds is 3. The number of anilines is 1. The van der Waals surface area contributed by atoms with Crippen LogP contribution in [-0.2, 0) is 0 Å². The normalized spacial score (nSPS) is 10.1. The molecule has 0 atom stereocenters. The van der Waals surface area contributed by atoms with E-state index in [-0.39, 0.29) is 5.56 Å². The SMILES string of the molecule is Nc1cccc(C(=O)O)c1.[O-][n+]1ccc(-c2nnc(-c3cc[n+]([O-])cc3)o2)cc1. The molecule has 4 aromatic rings. The lowest BCUT2D eigenvalue weighted by Crippen LogP contribution is -2.23. The lowest BCUT2D eigenvalue weighted by atomic mass is 10.2. The van der Waals surface area contributed by atoms with Crippen LogP contribution in [0.1, 0.15) is 10.4 Å². The molecule has 1 aromatic carbocycles. The van der Waals surface area contributed by atoms with Crippen LogP contribution in [0.3, 0.4) is 0 Å². The third kappa shape index (κ3) is 5.04. The summed E-state index contributed by atoms with van der Waals surface area (Å²) in [6.07, 6.45) is 5.40. The highest BCUT2D eigenvalue weighted by Crippen LogP contribution is 2.22. The fourth-order valence-electron chi connectivity index (χ4n) is 2.24. The summed E-state index contributed by atoms with van der Waals surface area (Å²) in [5.41, 5.74) is 7.33. The Hall–Kier alpha value is -4.47. The van der Waals surface area contributed by atoms with Gasteiger partial charge in [-0.1, -0.05) is 6.07 Å². The highest BCUT2D eigenvalue weighted by Gasteiger charge is 2.11. The van der Waals surface area contributed by atoms with Gasteiger partial charge in [0.1, 0.15) is 0 Å². The quantitative estimate of drug-likeness (QED) is 0.302. The van der Waals surface area contributed by atoms with Crippen LogP contribution in [-0.4, -0.2) is 21.3 Å². The monoisotopic (exact) mass is 393 g/mol. The molecule has 0 bridgehead atoms. The molecule has 0 fully saturated rings. The summed E-state index contributed by atoms with van der Waals surface area (Å²) in [4.78, 5) is 10.3. The van der Waals surface area contributed by atoms with Crippen LogP contribution in [0.15, 0.2) is 77.7 Å². The molecule has 29 heavy (non-hydrogen) atoms. The van der Waals surface area contributed by atoms with Crippen molar-refractivity contribution in [2.75, 3.05) is 5.73 Å². The van der Waals surface area contributed by atoms with E-state index in [0.717, 1.165) is 0 Å². The predicted octanol–water partition coefficient (Wildman–Crippen LogP) is 1.64. The maximum absolute atomic E-state index is 10.9. The summed E-state index contributed by atoms with van der Waals surface area (Å²) in [6.45, 7) is 0. The van der Waals surface area contributed by atoms with Crippen LogP contribution in [0, 0.1) is 10.4 Å². The van der Waals surface area contributed by atoms with Gasteiger partial charge in [0.25, 0.3) is 0 Å². The molecule has 0 radical (unpaired) electrons. The van der Waals surface area contributed by atoms with Gasteiger partial charge in [-0.25, -0.2) is 4.79 Å². The van der Waals surface area contributed by atoms with Crippen molar-refractivity contribution in [1.29, 1.82) is 0 Å². The minimum atomic E-state index is -0.952. The van der Waals surface area contributed by atoms with E-state index in [2.05, 4.69) is 10.2 Å². The fourth-order valence-corrected chi connectivity index (χ4v) is 2.24. The maximum atomic E-state index is 10.9. The molecule has 3 heterocycles. The highest BCUT2D eigenvalue weighted by molar-refractivity contribution is 5.88. The van der Waals surface area contributed by atoms with Crippen molar-refractivity contribution in [3.8, 4) is 22.9 Å². The number of nitrogens with zero attached hydrogens (tertiary/aromatic N) is 4.